The third kappa shape index (κ3) is 2.40. The second-order valence-electron chi connectivity index (χ2n) is 5.06. The van der Waals surface area contributed by atoms with Crippen LogP contribution in [0.1, 0.15) is 12.8 Å². The standard InChI is InChI=1S/C17H13Cl2NO2/c18-13-8-7-12-16(15(13)19)20(9-3-4-10-21)14-6-2-1-5-11(14)17(12)22/h1-2,5-8,10H,3-4,9H2. The molecule has 3 nitrogen and oxygen atoms in total. The molecule has 22 heavy (non-hydrogen) atoms. The van der Waals surface area contributed by atoms with Gasteiger partial charge in [-0.15, -0.1) is 0 Å². The zero-order valence-electron chi connectivity index (χ0n) is 11.7. The fourth-order valence-electron chi connectivity index (χ4n) is 2.72. The van der Waals surface area contributed by atoms with E-state index in [1.54, 1.807) is 18.2 Å². The number of aryl methyl sites for hydroxylation is 1. The van der Waals surface area contributed by atoms with Crippen molar-refractivity contribution in [3.05, 3.63) is 56.7 Å². The molecule has 3 rings (SSSR count). The average Bonchev–Trinajstić information content (AvgIpc) is 2.54. The fraction of sp³-hybridized carbons (Fsp3) is 0.176. The van der Waals surface area contributed by atoms with Crippen molar-refractivity contribution in [2.75, 3.05) is 0 Å². The maximum Gasteiger partial charge on any atom is 0.197 e. The van der Waals surface area contributed by atoms with Gasteiger partial charge >= 0.3 is 0 Å². The van der Waals surface area contributed by atoms with Crippen LogP contribution in [0.4, 0.5) is 0 Å². The van der Waals surface area contributed by atoms with E-state index >= 15 is 0 Å². The first-order chi connectivity index (χ1) is 10.6. The molecule has 0 aliphatic carbocycles. The Morgan fingerprint density at radius 3 is 2.59 bits per heavy atom. The lowest BCUT2D eigenvalue weighted by atomic mass is 10.1. The summed E-state index contributed by atoms with van der Waals surface area (Å²) in [7, 11) is 0. The van der Waals surface area contributed by atoms with Gasteiger partial charge in [0.1, 0.15) is 6.29 Å². The normalized spacial score (nSPS) is 11.2. The third-order valence-electron chi connectivity index (χ3n) is 3.73. The van der Waals surface area contributed by atoms with E-state index < -0.39 is 0 Å². The Kier molecular flexibility index (Phi) is 4.19. The molecule has 0 radical (unpaired) electrons. The molecule has 0 atom stereocenters. The Morgan fingerprint density at radius 1 is 1.05 bits per heavy atom. The van der Waals surface area contributed by atoms with Crippen molar-refractivity contribution in [1.82, 2.24) is 4.57 Å². The van der Waals surface area contributed by atoms with Crippen molar-refractivity contribution in [1.29, 1.82) is 0 Å². The number of unbranched alkanes of at least 4 members (excludes halogenated alkanes) is 1. The predicted molar refractivity (Wildman–Crippen MR) is 91.0 cm³/mol. The van der Waals surface area contributed by atoms with Gasteiger partial charge in [0, 0.05) is 23.7 Å². The molecule has 0 aliphatic heterocycles. The van der Waals surface area contributed by atoms with Crippen molar-refractivity contribution in [2.45, 2.75) is 19.4 Å². The smallest absolute Gasteiger partial charge is 0.197 e. The first-order valence-electron chi connectivity index (χ1n) is 6.98. The largest absolute Gasteiger partial charge is 0.339 e. The van der Waals surface area contributed by atoms with Crippen molar-refractivity contribution < 1.29 is 4.79 Å². The van der Waals surface area contributed by atoms with Gasteiger partial charge in [0.05, 0.1) is 21.1 Å². The molecule has 0 aliphatic rings. The Balaban J connectivity index is 2.43. The summed E-state index contributed by atoms with van der Waals surface area (Å²) in [5.41, 5.74) is 1.37. The number of hydrogen-bond donors (Lipinski definition) is 0. The number of halogens is 2. The Labute approximate surface area is 137 Å². The molecule has 1 heterocycles. The summed E-state index contributed by atoms with van der Waals surface area (Å²) in [6, 6.07) is 10.7. The summed E-state index contributed by atoms with van der Waals surface area (Å²) in [6.45, 7) is 0.593. The van der Waals surface area contributed by atoms with Gasteiger partial charge in [0.2, 0.25) is 0 Å². The highest BCUT2D eigenvalue weighted by Gasteiger charge is 2.14. The minimum Gasteiger partial charge on any atom is -0.339 e. The van der Waals surface area contributed by atoms with Crippen LogP contribution in [0, 0.1) is 0 Å². The number of rotatable bonds is 4. The van der Waals surface area contributed by atoms with Crippen molar-refractivity contribution in [3.8, 4) is 0 Å². The summed E-state index contributed by atoms with van der Waals surface area (Å²) in [4.78, 5) is 23.3. The van der Waals surface area contributed by atoms with Gasteiger partial charge in [-0.05, 0) is 30.7 Å². The van der Waals surface area contributed by atoms with Crippen LogP contribution in [0.25, 0.3) is 21.8 Å². The molecule has 2 aromatic carbocycles. The van der Waals surface area contributed by atoms with E-state index in [0.29, 0.717) is 45.7 Å². The van der Waals surface area contributed by atoms with E-state index in [1.807, 2.05) is 22.8 Å². The highest BCUT2D eigenvalue weighted by atomic mass is 35.5. The Bertz CT molecular complexity index is 931. The van der Waals surface area contributed by atoms with E-state index in [1.165, 1.54) is 0 Å². The van der Waals surface area contributed by atoms with Gasteiger partial charge in [0.15, 0.2) is 5.43 Å². The number of hydrogen-bond acceptors (Lipinski definition) is 2. The Morgan fingerprint density at radius 2 is 1.82 bits per heavy atom. The molecule has 0 spiro atoms. The molecule has 5 heteroatoms. The van der Waals surface area contributed by atoms with E-state index in [-0.39, 0.29) is 5.43 Å². The molecule has 0 unspecified atom stereocenters. The number of carbonyl (C=O) groups is 1. The molecule has 0 amide bonds. The van der Waals surface area contributed by atoms with Crippen LogP contribution < -0.4 is 5.43 Å². The van der Waals surface area contributed by atoms with Crippen LogP contribution in [0.5, 0.6) is 0 Å². The molecule has 0 bridgehead atoms. The first-order valence-corrected chi connectivity index (χ1v) is 7.73. The molecule has 1 aromatic heterocycles. The quantitative estimate of drug-likeness (QED) is 0.402. The second kappa shape index (κ2) is 6.11. The van der Waals surface area contributed by atoms with Gasteiger partial charge in [0.25, 0.3) is 0 Å². The Hall–Kier alpha value is -1.84. The highest BCUT2D eigenvalue weighted by molar-refractivity contribution is 6.45. The SMILES string of the molecule is O=CCCCn1c2ccccc2c(=O)c2ccc(Cl)c(Cl)c21. The lowest BCUT2D eigenvalue weighted by Gasteiger charge is -2.16. The van der Waals surface area contributed by atoms with E-state index in [0.717, 1.165) is 11.8 Å². The topological polar surface area (TPSA) is 39.1 Å². The van der Waals surface area contributed by atoms with Crippen molar-refractivity contribution in [2.24, 2.45) is 0 Å². The molecular weight excluding hydrogens is 321 g/mol. The number of aldehydes is 1. The number of pyridine rings is 1. The van der Waals surface area contributed by atoms with Crippen LogP contribution in [-0.4, -0.2) is 10.9 Å². The van der Waals surface area contributed by atoms with Crippen LogP contribution in [0.15, 0.2) is 41.2 Å². The number of para-hydroxylation sites is 1. The number of carbonyl (C=O) groups excluding carboxylic acids is 1. The molecule has 0 fully saturated rings. The monoisotopic (exact) mass is 333 g/mol. The van der Waals surface area contributed by atoms with E-state index in [9.17, 15) is 9.59 Å². The van der Waals surface area contributed by atoms with Gasteiger partial charge in [-0.1, -0.05) is 35.3 Å². The number of aromatic nitrogens is 1. The number of fused-ring (bicyclic) bond motifs is 2. The van der Waals surface area contributed by atoms with Gasteiger partial charge < -0.3 is 9.36 Å². The first kappa shape index (κ1) is 15.1. The molecule has 0 saturated carbocycles. The zero-order chi connectivity index (χ0) is 15.7. The summed E-state index contributed by atoms with van der Waals surface area (Å²) in [5.74, 6) is 0. The predicted octanol–water partition coefficient (Wildman–Crippen LogP) is 4.44. The summed E-state index contributed by atoms with van der Waals surface area (Å²) >= 11 is 12.5. The average molecular weight is 334 g/mol. The molecule has 112 valence electrons. The van der Waals surface area contributed by atoms with Crippen molar-refractivity contribution >= 4 is 51.3 Å². The third-order valence-corrected chi connectivity index (χ3v) is 4.52. The summed E-state index contributed by atoms with van der Waals surface area (Å²) < 4.78 is 1.98. The van der Waals surface area contributed by atoms with E-state index in [4.69, 9.17) is 23.2 Å². The highest BCUT2D eigenvalue weighted by Crippen LogP contribution is 2.31. The molecular formula is C17H13Cl2NO2. The minimum atomic E-state index is -0.0594. The van der Waals surface area contributed by atoms with Crippen LogP contribution in [-0.2, 0) is 11.3 Å². The maximum atomic E-state index is 12.7. The molecule has 0 N–H and O–H groups in total. The minimum absolute atomic E-state index is 0.0594. The van der Waals surface area contributed by atoms with E-state index in [2.05, 4.69) is 0 Å². The summed E-state index contributed by atoms with van der Waals surface area (Å²) in [6.07, 6.45) is 2.02. The molecule has 0 saturated heterocycles. The zero-order valence-corrected chi connectivity index (χ0v) is 13.2. The maximum absolute atomic E-state index is 12.7. The molecule has 3 aromatic rings. The van der Waals surface area contributed by atoms with Crippen LogP contribution >= 0.6 is 23.2 Å². The lowest BCUT2D eigenvalue weighted by Crippen LogP contribution is -2.12. The van der Waals surface area contributed by atoms with Gasteiger partial charge in [-0.25, -0.2) is 0 Å². The second-order valence-corrected chi connectivity index (χ2v) is 5.85. The number of nitrogens with zero attached hydrogens (tertiary/aromatic N) is 1. The van der Waals surface area contributed by atoms with Crippen LogP contribution in [0.2, 0.25) is 10.0 Å². The van der Waals surface area contributed by atoms with Gasteiger partial charge in [-0.3, -0.25) is 4.79 Å². The van der Waals surface area contributed by atoms with Gasteiger partial charge in [-0.2, -0.15) is 0 Å². The van der Waals surface area contributed by atoms with Crippen molar-refractivity contribution in [3.63, 3.8) is 0 Å². The fourth-order valence-corrected chi connectivity index (χ4v) is 3.14. The lowest BCUT2D eigenvalue weighted by molar-refractivity contribution is -0.107. The summed E-state index contributed by atoms with van der Waals surface area (Å²) in [5, 5.41) is 1.96. The van der Waals surface area contributed by atoms with Crippen LogP contribution in [0.3, 0.4) is 0 Å². The number of benzene rings is 2.